The highest BCUT2D eigenvalue weighted by Crippen LogP contribution is 2.23. The Morgan fingerprint density at radius 1 is 1.53 bits per heavy atom. The number of nitrogens with one attached hydrogen (secondary N) is 1. The van der Waals surface area contributed by atoms with Crippen molar-refractivity contribution in [3.8, 4) is 5.75 Å². The van der Waals surface area contributed by atoms with Crippen LogP contribution < -0.4 is 15.8 Å². The van der Waals surface area contributed by atoms with Gasteiger partial charge in [-0.15, -0.1) is 0 Å². The minimum atomic E-state index is -0.476. The zero-order valence-corrected chi connectivity index (χ0v) is 11.6. The topological polar surface area (TPSA) is 64.3 Å². The Balaban J connectivity index is 2.76. The van der Waals surface area contributed by atoms with E-state index < -0.39 is 5.91 Å². The first-order valence-corrected chi connectivity index (χ1v) is 6.21. The number of halogens is 1. The van der Waals surface area contributed by atoms with Gasteiger partial charge in [0.05, 0.1) is 0 Å². The highest BCUT2D eigenvalue weighted by atomic mass is 79.9. The Morgan fingerprint density at radius 3 is 2.82 bits per heavy atom. The van der Waals surface area contributed by atoms with Crippen LogP contribution in [-0.4, -0.2) is 18.6 Å². The molecule has 3 N–H and O–H groups in total. The van der Waals surface area contributed by atoms with E-state index in [9.17, 15) is 4.79 Å². The third-order valence-electron chi connectivity index (χ3n) is 2.09. The van der Waals surface area contributed by atoms with Crippen molar-refractivity contribution in [1.29, 1.82) is 0 Å². The Morgan fingerprint density at radius 2 is 2.24 bits per heavy atom. The van der Waals surface area contributed by atoms with Gasteiger partial charge in [0.25, 0.3) is 5.91 Å². The molecule has 1 rings (SSSR count). The van der Waals surface area contributed by atoms with Crippen molar-refractivity contribution in [3.63, 3.8) is 0 Å². The van der Waals surface area contributed by atoms with Crippen molar-refractivity contribution >= 4 is 21.8 Å². The molecule has 0 saturated heterocycles. The van der Waals surface area contributed by atoms with Crippen LogP contribution in [0.3, 0.4) is 0 Å². The van der Waals surface area contributed by atoms with E-state index in [1.165, 1.54) is 0 Å². The lowest BCUT2D eigenvalue weighted by Gasteiger charge is -2.13. The number of carbonyl (C=O) groups excluding carboxylic acids is 1. The molecule has 0 spiro atoms. The lowest BCUT2D eigenvalue weighted by atomic mass is 10.2. The standard InChI is InChI=1S/C12H17BrN2O2/c1-8(2)15-6-9-5-10(13)3-4-11(9)17-7-12(14)16/h3-5,8,15H,6-7H2,1-2H3,(H2,14,16). The van der Waals surface area contributed by atoms with E-state index >= 15 is 0 Å². The zero-order valence-electron chi connectivity index (χ0n) is 10.00. The Bertz CT molecular complexity index is 394. The van der Waals surface area contributed by atoms with Crippen LogP contribution in [0.4, 0.5) is 0 Å². The van der Waals surface area contributed by atoms with E-state index in [2.05, 4.69) is 35.1 Å². The van der Waals surface area contributed by atoms with E-state index in [0.717, 1.165) is 10.0 Å². The van der Waals surface area contributed by atoms with Crippen molar-refractivity contribution in [1.82, 2.24) is 5.32 Å². The summed E-state index contributed by atoms with van der Waals surface area (Å²) >= 11 is 3.41. The summed E-state index contributed by atoms with van der Waals surface area (Å²) in [5.41, 5.74) is 6.05. The van der Waals surface area contributed by atoms with Crippen molar-refractivity contribution in [2.75, 3.05) is 6.61 Å². The Hall–Kier alpha value is -1.07. The molecule has 1 aromatic carbocycles. The fraction of sp³-hybridized carbons (Fsp3) is 0.417. The number of hydrogen-bond acceptors (Lipinski definition) is 3. The van der Waals surface area contributed by atoms with Crippen LogP contribution in [0.2, 0.25) is 0 Å². The molecule has 0 fully saturated rings. The summed E-state index contributed by atoms with van der Waals surface area (Å²) in [6.07, 6.45) is 0. The van der Waals surface area contributed by atoms with Gasteiger partial charge in [-0.1, -0.05) is 29.8 Å². The molecule has 0 aromatic heterocycles. The Labute approximate surface area is 110 Å². The third-order valence-corrected chi connectivity index (χ3v) is 2.59. The van der Waals surface area contributed by atoms with Gasteiger partial charge in [0.15, 0.2) is 6.61 Å². The molecule has 1 aromatic rings. The van der Waals surface area contributed by atoms with Crippen molar-refractivity contribution in [3.05, 3.63) is 28.2 Å². The second kappa shape index (κ2) is 6.61. The summed E-state index contributed by atoms with van der Waals surface area (Å²) in [6.45, 7) is 4.73. The molecule has 0 radical (unpaired) electrons. The number of rotatable bonds is 6. The normalized spacial score (nSPS) is 10.6. The molecular weight excluding hydrogens is 284 g/mol. The molecule has 0 aliphatic rings. The zero-order chi connectivity index (χ0) is 12.8. The summed E-state index contributed by atoms with van der Waals surface area (Å²) in [4.78, 5) is 10.7. The average Bonchev–Trinajstić information content (AvgIpc) is 2.24. The van der Waals surface area contributed by atoms with E-state index in [1.807, 2.05) is 18.2 Å². The number of nitrogens with two attached hydrogens (primary N) is 1. The van der Waals surface area contributed by atoms with Gasteiger partial charge in [-0.05, 0) is 18.2 Å². The number of carbonyl (C=O) groups is 1. The van der Waals surface area contributed by atoms with Crippen LogP contribution in [0.25, 0.3) is 0 Å². The van der Waals surface area contributed by atoms with Gasteiger partial charge in [-0.25, -0.2) is 0 Å². The van der Waals surface area contributed by atoms with Crippen LogP contribution in [0.5, 0.6) is 5.75 Å². The Kier molecular flexibility index (Phi) is 5.44. The number of ether oxygens (including phenoxy) is 1. The van der Waals surface area contributed by atoms with Crippen molar-refractivity contribution in [2.45, 2.75) is 26.4 Å². The van der Waals surface area contributed by atoms with Gasteiger partial charge in [0.1, 0.15) is 5.75 Å². The fourth-order valence-electron chi connectivity index (χ4n) is 1.29. The maximum absolute atomic E-state index is 10.7. The van der Waals surface area contributed by atoms with Crippen LogP contribution in [0, 0.1) is 0 Å². The number of primary amides is 1. The van der Waals surface area contributed by atoms with Gasteiger partial charge in [0.2, 0.25) is 0 Å². The van der Waals surface area contributed by atoms with Gasteiger partial charge >= 0.3 is 0 Å². The van der Waals surface area contributed by atoms with Crippen molar-refractivity contribution < 1.29 is 9.53 Å². The third kappa shape index (κ3) is 5.19. The predicted octanol–water partition coefficient (Wildman–Crippen LogP) is 1.81. The predicted molar refractivity (Wildman–Crippen MR) is 70.8 cm³/mol. The molecule has 0 unspecified atom stereocenters. The van der Waals surface area contributed by atoms with Crippen LogP contribution >= 0.6 is 15.9 Å². The molecule has 0 saturated carbocycles. The van der Waals surface area contributed by atoms with Crippen LogP contribution in [0.1, 0.15) is 19.4 Å². The largest absolute Gasteiger partial charge is 0.483 e. The molecule has 0 atom stereocenters. The van der Waals surface area contributed by atoms with Gasteiger partial charge < -0.3 is 15.8 Å². The minimum Gasteiger partial charge on any atom is -0.483 e. The van der Waals surface area contributed by atoms with Gasteiger partial charge in [-0.3, -0.25) is 4.79 Å². The molecule has 0 aliphatic carbocycles. The molecule has 94 valence electrons. The first kappa shape index (κ1) is 14.0. The highest BCUT2D eigenvalue weighted by Gasteiger charge is 2.06. The quantitative estimate of drug-likeness (QED) is 0.842. The molecule has 0 heterocycles. The van der Waals surface area contributed by atoms with Gasteiger partial charge in [0, 0.05) is 22.6 Å². The van der Waals surface area contributed by atoms with Gasteiger partial charge in [-0.2, -0.15) is 0 Å². The molecule has 5 heteroatoms. The summed E-state index contributed by atoms with van der Waals surface area (Å²) in [5, 5.41) is 3.30. The number of amides is 1. The lowest BCUT2D eigenvalue weighted by molar-refractivity contribution is -0.119. The average molecular weight is 301 g/mol. The molecule has 4 nitrogen and oxygen atoms in total. The summed E-state index contributed by atoms with van der Waals surface area (Å²) in [5.74, 6) is 0.204. The van der Waals surface area contributed by atoms with Crippen LogP contribution in [-0.2, 0) is 11.3 Å². The van der Waals surface area contributed by atoms with E-state index in [-0.39, 0.29) is 6.61 Å². The van der Waals surface area contributed by atoms with E-state index in [0.29, 0.717) is 18.3 Å². The highest BCUT2D eigenvalue weighted by molar-refractivity contribution is 9.10. The SMILES string of the molecule is CC(C)NCc1cc(Br)ccc1OCC(N)=O. The maximum Gasteiger partial charge on any atom is 0.255 e. The summed E-state index contributed by atoms with van der Waals surface area (Å²) < 4.78 is 6.33. The lowest BCUT2D eigenvalue weighted by Crippen LogP contribution is -2.23. The second-order valence-electron chi connectivity index (χ2n) is 4.04. The van der Waals surface area contributed by atoms with Crippen LogP contribution in [0.15, 0.2) is 22.7 Å². The maximum atomic E-state index is 10.7. The molecular formula is C12H17BrN2O2. The number of benzene rings is 1. The minimum absolute atomic E-state index is 0.101. The summed E-state index contributed by atoms with van der Waals surface area (Å²) in [7, 11) is 0. The molecule has 17 heavy (non-hydrogen) atoms. The fourth-order valence-corrected chi connectivity index (χ4v) is 1.70. The monoisotopic (exact) mass is 300 g/mol. The molecule has 1 amide bonds. The van der Waals surface area contributed by atoms with Crippen molar-refractivity contribution in [2.24, 2.45) is 5.73 Å². The van der Waals surface area contributed by atoms with E-state index in [1.54, 1.807) is 0 Å². The first-order valence-electron chi connectivity index (χ1n) is 5.42. The molecule has 0 bridgehead atoms. The molecule has 0 aliphatic heterocycles. The summed E-state index contributed by atoms with van der Waals surface area (Å²) in [6, 6.07) is 6.05. The first-order chi connectivity index (χ1) is 7.99. The smallest absolute Gasteiger partial charge is 0.255 e. The second-order valence-corrected chi connectivity index (χ2v) is 4.96. The van der Waals surface area contributed by atoms with E-state index in [4.69, 9.17) is 10.5 Å². The number of hydrogen-bond donors (Lipinski definition) is 2.